The molecule has 0 aromatic rings. The van der Waals surface area contributed by atoms with Crippen molar-refractivity contribution in [2.75, 3.05) is 52.2 Å². The molecule has 7 heteroatoms. The van der Waals surface area contributed by atoms with E-state index in [1.807, 2.05) is 4.90 Å². The van der Waals surface area contributed by atoms with Crippen LogP contribution in [0.3, 0.4) is 0 Å². The molecule has 2 heterocycles. The molecule has 0 radical (unpaired) electrons. The molecule has 5 nitrogen and oxygen atoms in total. The zero-order chi connectivity index (χ0) is 14.6. The second-order valence-electron chi connectivity index (χ2n) is 5.33. The monoisotopic (exact) mass is 317 g/mol. The summed E-state index contributed by atoms with van der Waals surface area (Å²) in [5, 5.41) is 0. The first-order valence-electron chi connectivity index (χ1n) is 7.00. The third-order valence-electron chi connectivity index (χ3n) is 4.23. The number of amides is 1. The molecule has 2 aliphatic rings. The molecule has 2 fully saturated rings. The minimum absolute atomic E-state index is 0.0756. The Hall–Kier alpha value is -0.370. The number of rotatable bonds is 4. The molecule has 0 spiro atoms. The molecule has 0 bridgehead atoms. The molecule has 0 saturated carbocycles. The van der Waals surface area contributed by atoms with Crippen molar-refractivity contribution < 1.29 is 9.53 Å². The Balaban J connectivity index is 1.82. The standard InChI is InChI=1S/C13H23N3O2S2/c1-20-13(12(14)19)2-4-15(5-3-13)10-11(17)16-6-8-18-9-7-16/h2-10H2,1H3,(H2,14,19). The second-order valence-corrected chi connectivity index (χ2v) is 6.96. The van der Waals surface area contributed by atoms with Gasteiger partial charge in [-0.05, 0) is 19.1 Å². The first-order valence-corrected chi connectivity index (χ1v) is 8.64. The van der Waals surface area contributed by atoms with Crippen LogP contribution >= 0.6 is 24.0 Å². The van der Waals surface area contributed by atoms with E-state index in [2.05, 4.69) is 11.2 Å². The number of likely N-dealkylation sites (tertiary alicyclic amines) is 1. The number of carbonyl (C=O) groups is 1. The van der Waals surface area contributed by atoms with E-state index in [1.54, 1.807) is 11.8 Å². The van der Waals surface area contributed by atoms with Gasteiger partial charge in [-0.1, -0.05) is 12.2 Å². The van der Waals surface area contributed by atoms with Crippen LogP contribution in [0.4, 0.5) is 0 Å². The number of morpholine rings is 1. The van der Waals surface area contributed by atoms with Crippen LogP contribution in [-0.2, 0) is 9.53 Å². The summed E-state index contributed by atoms with van der Waals surface area (Å²) in [6.07, 6.45) is 3.92. The molecule has 1 amide bonds. The summed E-state index contributed by atoms with van der Waals surface area (Å²) < 4.78 is 5.19. The highest BCUT2D eigenvalue weighted by Crippen LogP contribution is 2.34. The number of piperidine rings is 1. The molecule has 114 valence electrons. The van der Waals surface area contributed by atoms with Crippen molar-refractivity contribution in [3.05, 3.63) is 0 Å². The number of thioether (sulfide) groups is 1. The molecule has 2 saturated heterocycles. The lowest BCUT2D eigenvalue weighted by molar-refractivity contribution is -0.136. The van der Waals surface area contributed by atoms with Gasteiger partial charge < -0.3 is 15.4 Å². The smallest absolute Gasteiger partial charge is 0.236 e. The van der Waals surface area contributed by atoms with E-state index in [0.717, 1.165) is 25.9 Å². The molecule has 0 aliphatic carbocycles. The highest BCUT2D eigenvalue weighted by Gasteiger charge is 2.37. The Kier molecular flexibility index (Phi) is 5.65. The van der Waals surface area contributed by atoms with Crippen LogP contribution in [0, 0.1) is 0 Å². The third-order valence-corrected chi connectivity index (χ3v) is 6.16. The average molecular weight is 317 g/mol. The number of carbonyl (C=O) groups excluding carboxylic acids is 1. The summed E-state index contributed by atoms with van der Waals surface area (Å²) in [6, 6.07) is 0. The van der Waals surface area contributed by atoms with E-state index in [9.17, 15) is 4.79 Å². The molecule has 0 unspecified atom stereocenters. The first kappa shape index (κ1) is 16.0. The van der Waals surface area contributed by atoms with Gasteiger partial charge >= 0.3 is 0 Å². The normalized spacial score (nSPS) is 23.6. The summed E-state index contributed by atoms with van der Waals surface area (Å²) in [5.74, 6) is 0.209. The van der Waals surface area contributed by atoms with Crippen molar-refractivity contribution in [2.45, 2.75) is 17.6 Å². The quantitative estimate of drug-likeness (QED) is 0.754. The van der Waals surface area contributed by atoms with Crippen LogP contribution in [0.5, 0.6) is 0 Å². The zero-order valence-corrected chi connectivity index (χ0v) is 13.6. The molecule has 2 rings (SSSR count). The SMILES string of the molecule is CSC1(C(N)=S)CCN(CC(=O)N2CCOCC2)CC1. The Morgan fingerprint density at radius 2 is 1.90 bits per heavy atom. The van der Waals surface area contributed by atoms with Crippen molar-refractivity contribution in [3.8, 4) is 0 Å². The molecule has 0 aromatic carbocycles. The number of hydrogen-bond acceptors (Lipinski definition) is 5. The predicted octanol–water partition coefficient (Wildman–Crippen LogP) is 0.329. The highest BCUT2D eigenvalue weighted by molar-refractivity contribution is 8.02. The minimum Gasteiger partial charge on any atom is -0.392 e. The molecule has 0 atom stereocenters. The van der Waals surface area contributed by atoms with Crippen LogP contribution < -0.4 is 5.73 Å². The van der Waals surface area contributed by atoms with Gasteiger partial charge in [0.2, 0.25) is 5.91 Å². The number of hydrogen-bond donors (Lipinski definition) is 1. The van der Waals surface area contributed by atoms with E-state index in [-0.39, 0.29) is 10.7 Å². The van der Waals surface area contributed by atoms with Gasteiger partial charge in [0.05, 0.1) is 29.5 Å². The fourth-order valence-corrected chi connectivity index (χ4v) is 3.97. The number of nitrogens with two attached hydrogens (primary N) is 1. The predicted molar refractivity (Wildman–Crippen MR) is 86.1 cm³/mol. The molecule has 20 heavy (non-hydrogen) atoms. The minimum atomic E-state index is -0.0756. The van der Waals surface area contributed by atoms with Gasteiger partial charge in [-0.15, -0.1) is 0 Å². The average Bonchev–Trinajstić information content (AvgIpc) is 2.49. The Morgan fingerprint density at radius 1 is 1.30 bits per heavy atom. The summed E-state index contributed by atoms with van der Waals surface area (Å²) in [7, 11) is 0. The Bertz CT molecular complexity index is 365. The van der Waals surface area contributed by atoms with Crippen LogP contribution in [0.15, 0.2) is 0 Å². The molecular weight excluding hydrogens is 294 g/mol. The molecule has 2 aliphatic heterocycles. The maximum absolute atomic E-state index is 12.2. The van der Waals surface area contributed by atoms with Crippen LogP contribution in [0.1, 0.15) is 12.8 Å². The van der Waals surface area contributed by atoms with Gasteiger partial charge in [0.1, 0.15) is 0 Å². The summed E-state index contributed by atoms with van der Waals surface area (Å²) >= 11 is 6.95. The van der Waals surface area contributed by atoms with Crippen molar-refractivity contribution in [2.24, 2.45) is 5.73 Å². The topological polar surface area (TPSA) is 58.8 Å². The fourth-order valence-electron chi connectivity index (χ4n) is 2.73. The lowest BCUT2D eigenvalue weighted by atomic mass is 9.95. The largest absolute Gasteiger partial charge is 0.392 e. The molecule has 2 N–H and O–H groups in total. The molecule has 0 aromatic heterocycles. The van der Waals surface area contributed by atoms with E-state index in [4.69, 9.17) is 22.7 Å². The number of ether oxygens (including phenoxy) is 1. The van der Waals surface area contributed by atoms with Gasteiger partial charge in [-0.25, -0.2) is 0 Å². The maximum Gasteiger partial charge on any atom is 0.236 e. The van der Waals surface area contributed by atoms with E-state index in [1.165, 1.54) is 0 Å². The third kappa shape index (κ3) is 3.63. The van der Waals surface area contributed by atoms with Crippen LogP contribution in [0.2, 0.25) is 0 Å². The maximum atomic E-state index is 12.2. The van der Waals surface area contributed by atoms with Crippen molar-refractivity contribution in [1.82, 2.24) is 9.80 Å². The van der Waals surface area contributed by atoms with Crippen LogP contribution in [-0.4, -0.2) is 77.6 Å². The zero-order valence-electron chi connectivity index (χ0n) is 12.0. The first-order chi connectivity index (χ1) is 9.57. The second kappa shape index (κ2) is 7.06. The Morgan fingerprint density at radius 3 is 2.40 bits per heavy atom. The Labute approximate surface area is 130 Å². The fraction of sp³-hybridized carbons (Fsp3) is 0.846. The van der Waals surface area contributed by atoms with E-state index < -0.39 is 0 Å². The number of thiocarbonyl (C=S) groups is 1. The van der Waals surface area contributed by atoms with Gasteiger partial charge in [-0.3, -0.25) is 9.69 Å². The van der Waals surface area contributed by atoms with E-state index >= 15 is 0 Å². The summed E-state index contributed by atoms with van der Waals surface area (Å²) in [5.41, 5.74) is 5.88. The van der Waals surface area contributed by atoms with E-state index in [0.29, 0.717) is 37.8 Å². The summed E-state index contributed by atoms with van der Waals surface area (Å²) in [6.45, 7) is 5.01. The number of nitrogens with zero attached hydrogens (tertiary/aromatic N) is 2. The van der Waals surface area contributed by atoms with Crippen molar-refractivity contribution >= 4 is 34.9 Å². The van der Waals surface area contributed by atoms with Gasteiger partial charge in [-0.2, -0.15) is 11.8 Å². The lowest BCUT2D eigenvalue weighted by Crippen LogP contribution is -2.52. The van der Waals surface area contributed by atoms with Gasteiger partial charge in [0.25, 0.3) is 0 Å². The van der Waals surface area contributed by atoms with Gasteiger partial charge in [0.15, 0.2) is 0 Å². The highest BCUT2D eigenvalue weighted by atomic mass is 32.2. The molecular formula is C13H23N3O2S2. The van der Waals surface area contributed by atoms with Crippen LogP contribution in [0.25, 0.3) is 0 Å². The summed E-state index contributed by atoms with van der Waals surface area (Å²) in [4.78, 5) is 16.9. The lowest BCUT2D eigenvalue weighted by Gasteiger charge is -2.40. The van der Waals surface area contributed by atoms with Crippen molar-refractivity contribution in [1.29, 1.82) is 0 Å². The van der Waals surface area contributed by atoms with Gasteiger partial charge in [0, 0.05) is 26.2 Å². The van der Waals surface area contributed by atoms with Crippen molar-refractivity contribution in [3.63, 3.8) is 0 Å².